The van der Waals surface area contributed by atoms with Crippen LogP contribution in [0.25, 0.3) is 11.0 Å². The predicted octanol–water partition coefficient (Wildman–Crippen LogP) is 3.76. The van der Waals surface area contributed by atoms with Crippen LogP contribution >= 0.6 is 11.6 Å². The molecule has 2 heterocycles. The average molecular weight is 327 g/mol. The Morgan fingerprint density at radius 1 is 1.26 bits per heavy atom. The summed E-state index contributed by atoms with van der Waals surface area (Å²) in [5.41, 5.74) is 11.6. The highest BCUT2D eigenvalue weighted by Crippen LogP contribution is 2.32. The van der Waals surface area contributed by atoms with Gasteiger partial charge in [-0.3, -0.25) is 0 Å². The van der Waals surface area contributed by atoms with Gasteiger partial charge in [-0.1, -0.05) is 17.7 Å². The first-order valence-corrected chi connectivity index (χ1v) is 8.24. The molecule has 4 nitrogen and oxygen atoms in total. The molecule has 1 aromatic heterocycles. The van der Waals surface area contributed by atoms with E-state index < -0.39 is 0 Å². The molecule has 0 aliphatic carbocycles. The Hall–Kier alpha value is -2.20. The van der Waals surface area contributed by atoms with E-state index in [-0.39, 0.29) is 0 Å². The van der Waals surface area contributed by atoms with Gasteiger partial charge in [0.25, 0.3) is 0 Å². The van der Waals surface area contributed by atoms with Gasteiger partial charge in [-0.15, -0.1) is 0 Å². The smallest absolute Gasteiger partial charge is 0.129 e. The van der Waals surface area contributed by atoms with E-state index in [1.165, 1.54) is 11.3 Å². The second-order valence-corrected chi connectivity index (χ2v) is 6.53. The van der Waals surface area contributed by atoms with Crippen LogP contribution in [0.5, 0.6) is 0 Å². The van der Waals surface area contributed by atoms with E-state index >= 15 is 0 Å². The fourth-order valence-corrected chi connectivity index (χ4v) is 3.59. The Labute approximate surface area is 140 Å². The first-order chi connectivity index (χ1) is 11.1. The Morgan fingerprint density at radius 3 is 3.00 bits per heavy atom. The number of nitrogens with zero attached hydrogens (tertiary/aromatic N) is 3. The van der Waals surface area contributed by atoms with Crippen molar-refractivity contribution in [3.05, 3.63) is 52.8 Å². The fraction of sp³-hybridized carbons (Fsp3) is 0.278. The number of rotatable bonds is 2. The number of fused-ring (bicyclic) bond motifs is 2. The van der Waals surface area contributed by atoms with Gasteiger partial charge in [-0.25, -0.2) is 4.98 Å². The van der Waals surface area contributed by atoms with Crippen LogP contribution in [-0.4, -0.2) is 16.1 Å². The molecule has 3 aromatic rings. The normalized spacial score (nSPS) is 14.3. The van der Waals surface area contributed by atoms with Crippen molar-refractivity contribution in [2.24, 2.45) is 7.05 Å². The Balaban J connectivity index is 1.72. The van der Waals surface area contributed by atoms with Crippen molar-refractivity contribution in [2.75, 3.05) is 17.2 Å². The van der Waals surface area contributed by atoms with Crippen molar-refractivity contribution in [2.45, 2.75) is 19.4 Å². The molecule has 0 amide bonds. The van der Waals surface area contributed by atoms with Gasteiger partial charge in [-0.05, 0) is 48.7 Å². The van der Waals surface area contributed by atoms with Gasteiger partial charge in [0, 0.05) is 30.0 Å². The van der Waals surface area contributed by atoms with E-state index in [9.17, 15) is 0 Å². The zero-order valence-electron chi connectivity index (χ0n) is 13.1. The first kappa shape index (κ1) is 14.4. The van der Waals surface area contributed by atoms with E-state index in [1.54, 1.807) is 0 Å². The van der Waals surface area contributed by atoms with Gasteiger partial charge in [-0.2, -0.15) is 0 Å². The van der Waals surface area contributed by atoms with E-state index in [0.29, 0.717) is 0 Å². The molecule has 2 N–H and O–H groups in total. The van der Waals surface area contributed by atoms with Crippen LogP contribution in [-0.2, 0) is 20.0 Å². The zero-order chi connectivity index (χ0) is 16.0. The standard InChI is InChI=1S/C18H19ClN4/c1-22-17-8-7-12(19)10-15(17)21-18(22)11-23-9-3-4-13-14(20)5-2-6-16(13)23/h2,5-8,10H,3-4,9,11,20H2,1H3. The van der Waals surface area contributed by atoms with Gasteiger partial charge >= 0.3 is 0 Å². The summed E-state index contributed by atoms with van der Waals surface area (Å²) in [6.45, 7) is 1.81. The maximum absolute atomic E-state index is 6.14. The van der Waals surface area contributed by atoms with E-state index in [0.717, 1.165) is 53.5 Å². The molecule has 0 spiro atoms. The summed E-state index contributed by atoms with van der Waals surface area (Å²) in [5, 5.41) is 0.721. The minimum Gasteiger partial charge on any atom is -0.398 e. The number of nitrogen functional groups attached to an aromatic ring is 1. The minimum absolute atomic E-state index is 0.721. The quantitative estimate of drug-likeness (QED) is 0.729. The molecule has 1 aliphatic rings. The van der Waals surface area contributed by atoms with Crippen molar-refractivity contribution in [3.63, 3.8) is 0 Å². The highest BCUT2D eigenvalue weighted by atomic mass is 35.5. The van der Waals surface area contributed by atoms with Gasteiger partial charge in [0.1, 0.15) is 5.82 Å². The molecule has 1 aliphatic heterocycles. The van der Waals surface area contributed by atoms with Crippen LogP contribution in [0, 0.1) is 0 Å². The van der Waals surface area contributed by atoms with Crippen molar-refractivity contribution < 1.29 is 0 Å². The number of halogens is 1. The predicted molar refractivity (Wildman–Crippen MR) is 95.9 cm³/mol. The SMILES string of the molecule is Cn1c(CN2CCCc3c(N)cccc32)nc2cc(Cl)ccc21. The Kier molecular flexibility index (Phi) is 3.42. The summed E-state index contributed by atoms with van der Waals surface area (Å²) >= 11 is 6.08. The summed E-state index contributed by atoms with van der Waals surface area (Å²) in [4.78, 5) is 7.14. The van der Waals surface area contributed by atoms with Crippen molar-refractivity contribution in [1.29, 1.82) is 0 Å². The maximum Gasteiger partial charge on any atom is 0.129 e. The van der Waals surface area contributed by atoms with E-state index in [1.807, 2.05) is 30.3 Å². The first-order valence-electron chi connectivity index (χ1n) is 7.86. The Bertz CT molecular complexity index is 884. The molecule has 0 radical (unpaired) electrons. The maximum atomic E-state index is 6.14. The number of benzene rings is 2. The summed E-state index contributed by atoms with van der Waals surface area (Å²) in [7, 11) is 2.06. The highest BCUT2D eigenvalue weighted by Gasteiger charge is 2.20. The molecule has 2 aromatic carbocycles. The van der Waals surface area contributed by atoms with Crippen LogP contribution in [0.1, 0.15) is 17.8 Å². The molecule has 0 unspecified atom stereocenters. The number of nitrogens with two attached hydrogens (primary N) is 1. The topological polar surface area (TPSA) is 47.1 Å². The summed E-state index contributed by atoms with van der Waals surface area (Å²) in [5.74, 6) is 1.04. The second-order valence-electron chi connectivity index (χ2n) is 6.09. The third kappa shape index (κ3) is 2.43. The number of aromatic nitrogens is 2. The molecule has 0 fully saturated rings. The zero-order valence-corrected chi connectivity index (χ0v) is 13.8. The van der Waals surface area contributed by atoms with Crippen LogP contribution in [0.4, 0.5) is 11.4 Å². The lowest BCUT2D eigenvalue weighted by atomic mass is 10.00. The summed E-state index contributed by atoms with van der Waals surface area (Å²) in [6.07, 6.45) is 2.17. The lowest BCUT2D eigenvalue weighted by molar-refractivity contribution is 0.662. The number of hydrogen-bond donors (Lipinski definition) is 1. The molecule has 0 saturated carbocycles. The summed E-state index contributed by atoms with van der Waals surface area (Å²) in [6, 6.07) is 12.0. The van der Waals surface area contributed by atoms with Crippen LogP contribution in [0.15, 0.2) is 36.4 Å². The van der Waals surface area contributed by atoms with Gasteiger partial charge in [0.2, 0.25) is 0 Å². The summed E-state index contributed by atoms with van der Waals surface area (Å²) < 4.78 is 2.15. The fourth-order valence-electron chi connectivity index (χ4n) is 3.43. The number of aryl methyl sites for hydroxylation is 1. The lowest BCUT2D eigenvalue weighted by Gasteiger charge is -2.31. The number of hydrogen-bond acceptors (Lipinski definition) is 3. The second kappa shape index (κ2) is 5.46. The van der Waals surface area contributed by atoms with Crippen molar-refractivity contribution in [1.82, 2.24) is 9.55 Å². The van der Waals surface area contributed by atoms with Crippen LogP contribution < -0.4 is 10.6 Å². The molecule has 0 saturated heterocycles. The number of anilines is 2. The van der Waals surface area contributed by atoms with Crippen LogP contribution in [0.2, 0.25) is 5.02 Å². The van der Waals surface area contributed by atoms with Gasteiger partial charge in [0.05, 0.1) is 17.6 Å². The molecular formula is C18H19ClN4. The molecule has 5 heteroatoms. The van der Waals surface area contributed by atoms with Gasteiger partial charge < -0.3 is 15.2 Å². The lowest BCUT2D eigenvalue weighted by Crippen LogP contribution is -2.30. The monoisotopic (exact) mass is 326 g/mol. The molecular weight excluding hydrogens is 308 g/mol. The third-order valence-electron chi connectivity index (χ3n) is 4.65. The highest BCUT2D eigenvalue weighted by molar-refractivity contribution is 6.31. The molecule has 0 atom stereocenters. The van der Waals surface area contributed by atoms with Crippen molar-refractivity contribution >= 4 is 34.0 Å². The van der Waals surface area contributed by atoms with Crippen LogP contribution in [0.3, 0.4) is 0 Å². The largest absolute Gasteiger partial charge is 0.398 e. The number of imidazole rings is 1. The Morgan fingerprint density at radius 2 is 2.13 bits per heavy atom. The van der Waals surface area contributed by atoms with E-state index in [4.69, 9.17) is 22.3 Å². The van der Waals surface area contributed by atoms with E-state index in [2.05, 4.69) is 22.6 Å². The third-order valence-corrected chi connectivity index (χ3v) is 4.89. The minimum atomic E-state index is 0.721. The molecule has 0 bridgehead atoms. The molecule has 23 heavy (non-hydrogen) atoms. The van der Waals surface area contributed by atoms with Gasteiger partial charge in [0.15, 0.2) is 0 Å². The average Bonchev–Trinajstić information content (AvgIpc) is 2.84. The molecule has 4 rings (SSSR count). The molecule has 118 valence electrons. The van der Waals surface area contributed by atoms with Crippen molar-refractivity contribution in [3.8, 4) is 0 Å².